The molecule has 0 bridgehead atoms. The number of nitrogens with zero attached hydrogens (tertiary/aromatic N) is 2. The van der Waals surface area contributed by atoms with Gasteiger partial charge in [0.25, 0.3) is 0 Å². The molecule has 0 spiro atoms. The minimum atomic E-state index is -1.09. The van der Waals surface area contributed by atoms with Crippen LogP contribution < -0.4 is 0 Å². The highest BCUT2D eigenvalue weighted by molar-refractivity contribution is 9.10. The van der Waals surface area contributed by atoms with E-state index in [0.29, 0.717) is 17.5 Å². The molecule has 3 rings (SSSR count). The van der Waals surface area contributed by atoms with Crippen molar-refractivity contribution in [1.29, 1.82) is 0 Å². The highest BCUT2D eigenvalue weighted by atomic mass is 79.9. The molecule has 0 amide bonds. The van der Waals surface area contributed by atoms with E-state index in [1.54, 1.807) is 0 Å². The van der Waals surface area contributed by atoms with Gasteiger partial charge in [0.05, 0.1) is 0 Å². The number of hydrogen-bond donors (Lipinski definition) is 0. The second-order valence-corrected chi connectivity index (χ2v) is 7.55. The molecule has 3 aromatic rings. The van der Waals surface area contributed by atoms with Crippen LogP contribution in [0.1, 0.15) is 17.0 Å². The van der Waals surface area contributed by atoms with Crippen LogP contribution in [0.15, 0.2) is 57.5 Å². The number of aromatic nitrogens is 2. The molecule has 0 unspecified atom stereocenters. The molecule has 4 nitrogen and oxygen atoms in total. The Kier molecular flexibility index (Phi) is 5.03. The van der Waals surface area contributed by atoms with Gasteiger partial charge in [0.15, 0.2) is 0 Å². The van der Waals surface area contributed by atoms with Gasteiger partial charge in [-0.3, -0.25) is 4.21 Å². The Morgan fingerprint density at radius 3 is 2.57 bits per heavy atom. The second-order valence-electron chi connectivity index (χ2n) is 5.18. The maximum Gasteiger partial charge on any atom is 0.239 e. The van der Waals surface area contributed by atoms with E-state index in [1.165, 1.54) is 0 Å². The van der Waals surface area contributed by atoms with Gasteiger partial charge in [-0.1, -0.05) is 57.5 Å². The van der Waals surface area contributed by atoms with Gasteiger partial charge in [-0.15, -0.1) is 0 Å². The van der Waals surface area contributed by atoms with E-state index < -0.39 is 10.8 Å². The Hall–Kier alpha value is -1.79. The van der Waals surface area contributed by atoms with Crippen molar-refractivity contribution in [1.82, 2.24) is 10.1 Å². The zero-order valence-electron chi connectivity index (χ0n) is 12.5. The Balaban J connectivity index is 1.68. The van der Waals surface area contributed by atoms with Gasteiger partial charge in [-0.05, 0) is 30.2 Å². The number of aryl methyl sites for hydroxylation is 1. The van der Waals surface area contributed by atoms with Gasteiger partial charge in [0, 0.05) is 26.6 Å². The zero-order valence-corrected chi connectivity index (χ0v) is 14.9. The van der Waals surface area contributed by atoms with Crippen LogP contribution in [0.4, 0.5) is 0 Å². The Morgan fingerprint density at radius 2 is 1.83 bits per heavy atom. The minimum absolute atomic E-state index is 0.259. The van der Waals surface area contributed by atoms with Gasteiger partial charge in [-0.25, -0.2) is 0 Å². The predicted octanol–water partition coefficient (Wildman–Crippen LogP) is 4.26. The van der Waals surface area contributed by atoms with E-state index in [1.807, 2.05) is 55.5 Å². The summed E-state index contributed by atoms with van der Waals surface area (Å²) in [5, 5.41) is 3.99. The molecule has 1 aromatic heterocycles. The SMILES string of the molecule is Cc1ccccc1-c1noc(C[S@](=O)Cc2ccc(Br)cc2)n1. The zero-order chi connectivity index (χ0) is 16.2. The van der Waals surface area contributed by atoms with Crippen molar-refractivity contribution in [2.24, 2.45) is 0 Å². The highest BCUT2D eigenvalue weighted by Crippen LogP contribution is 2.20. The van der Waals surface area contributed by atoms with Crippen LogP contribution in [0.2, 0.25) is 0 Å². The molecular weight excluding hydrogens is 376 g/mol. The normalized spacial score (nSPS) is 12.3. The minimum Gasteiger partial charge on any atom is -0.338 e. The third-order valence-electron chi connectivity index (χ3n) is 3.38. The van der Waals surface area contributed by atoms with Crippen LogP contribution in [0, 0.1) is 6.92 Å². The van der Waals surface area contributed by atoms with Crippen molar-refractivity contribution in [2.75, 3.05) is 0 Å². The Bertz CT molecular complexity index is 831. The van der Waals surface area contributed by atoms with Crippen LogP contribution in [-0.4, -0.2) is 14.3 Å². The fourth-order valence-electron chi connectivity index (χ4n) is 2.20. The van der Waals surface area contributed by atoms with Gasteiger partial charge in [-0.2, -0.15) is 4.98 Å². The summed E-state index contributed by atoms with van der Waals surface area (Å²) in [7, 11) is -1.09. The lowest BCUT2D eigenvalue weighted by molar-refractivity contribution is 0.390. The molecule has 0 saturated carbocycles. The molecule has 6 heteroatoms. The fourth-order valence-corrected chi connectivity index (χ4v) is 3.53. The van der Waals surface area contributed by atoms with Gasteiger partial charge in [0.1, 0.15) is 5.75 Å². The molecule has 0 radical (unpaired) electrons. The van der Waals surface area contributed by atoms with E-state index in [4.69, 9.17) is 4.52 Å². The summed E-state index contributed by atoms with van der Waals surface area (Å²) in [4.78, 5) is 4.36. The summed E-state index contributed by atoms with van der Waals surface area (Å²) < 4.78 is 18.5. The van der Waals surface area contributed by atoms with Crippen molar-refractivity contribution in [3.05, 3.63) is 70.0 Å². The lowest BCUT2D eigenvalue weighted by Crippen LogP contribution is -1.99. The third kappa shape index (κ3) is 4.14. The van der Waals surface area contributed by atoms with Gasteiger partial charge in [0.2, 0.25) is 11.7 Å². The molecular formula is C17H15BrN2O2S. The van der Waals surface area contributed by atoms with Crippen LogP contribution in [0.3, 0.4) is 0 Å². The summed E-state index contributed by atoms with van der Waals surface area (Å²) in [5.41, 5.74) is 3.03. The van der Waals surface area contributed by atoms with Gasteiger partial charge < -0.3 is 4.52 Å². The molecule has 2 aromatic carbocycles. The third-order valence-corrected chi connectivity index (χ3v) is 5.13. The maximum atomic E-state index is 12.3. The van der Waals surface area contributed by atoms with E-state index in [9.17, 15) is 4.21 Å². The van der Waals surface area contributed by atoms with Crippen molar-refractivity contribution in [3.63, 3.8) is 0 Å². The summed E-state index contributed by atoms with van der Waals surface area (Å²) in [5.74, 6) is 1.67. The molecule has 23 heavy (non-hydrogen) atoms. The van der Waals surface area contributed by atoms with Crippen molar-refractivity contribution >= 4 is 26.7 Å². The largest absolute Gasteiger partial charge is 0.338 e. The van der Waals surface area contributed by atoms with Crippen LogP contribution >= 0.6 is 15.9 Å². The summed E-state index contributed by atoms with van der Waals surface area (Å²) in [6.45, 7) is 2.00. The topological polar surface area (TPSA) is 56.0 Å². The van der Waals surface area contributed by atoms with E-state index >= 15 is 0 Å². The van der Waals surface area contributed by atoms with E-state index in [-0.39, 0.29) is 5.75 Å². The van der Waals surface area contributed by atoms with Gasteiger partial charge >= 0.3 is 0 Å². The molecule has 118 valence electrons. The standard InChI is InChI=1S/C17H15BrN2O2S/c1-12-4-2-3-5-15(12)17-19-16(22-20-17)11-23(21)10-13-6-8-14(18)9-7-13/h2-9H,10-11H2,1H3/t23-/m1/s1. The summed E-state index contributed by atoms with van der Waals surface area (Å²) in [6, 6.07) is 15.6. The molecule has 1 heterocycles. The quantitative estimate of drug-likeness (QED) is 0.652. The second kappa shape index (κ2) is 7.19. The first-order chi connectivity index (χ1) is 11.1. The molecule has 1 atom stereocenters. The summed E-state index contributed by atoms with van der Waals surface area (Å²) in [6.07, 6.45) is 0. The first-order valence-electron chi connectivity index (χ1n) is 7.10. The average Bonchev–Trinajstić information content (AvgIpc) is 2.98. The summed E-state index contributed by atoms with van der Waals surface area (Å²) >= 11 is 3.39. The van der Waals surface area contributed by atoms with E-state index in [2.05, 4.69) is 26.1 Å². The number of rotatable bonds is 5. The first-order valence-corrected chi connectivity index (χ1v) is 9.38. The van der Waals surface area contributed by atoms with Crippen molar-refractivity contribution < 1.29 is 8.73 Å². The van der Waals surface area contributed by atoms with Crippen LogP contribution in [-0.2, 0) is 22.3 Å². The molecule has 0 aliphatic heterocycles. The number of hydrogen-bond acceptors (Lipinski definition) is 4. The average molecular weight is 391 g/mol. The lowest BCUT2D eigenvalue weighted by Gasteiger charge is -2.00. The molecule has 0 aliphatic rings. The lowest BCUT2D eigenvalue weighted by atomic mass is 10.1. The fraction of sp³-hybridized carbons (Fsp3) is 0.176. The maximum absolute atomic E-state index is 12.3. The monoisotopic (exact) mass is 390 g/mol. The van der Waals surface area contributed by atoms with Crippen LogP contribution in [0.25, 0.3) is 11.4 Å². The predicted molar refractivity (Wildman–Crippen MR) is 94.2 cm³/mol. The van der Waals surface area contributed by atoms with Crippen molar-refractivity contribution in [2.45, 2.75) is 18.4 Å². The van der Waals surface area contributed by atoms with Crippen molar-refractivity contribution in [3.8, 4) is 11.4 Å². The smallest absolute Gasteiger partial charge is 0.239 e. The van der Waals surface area contributed by atoms with E-state index in [0.717, 1.165) is 21.2 Å². The Labute approximate surface area is 145 Å². The highest BCUT2D eigenvalue weighted by Gasteiger charge is 2.13. The number of halogens is 1. The first kappa shape index (κ1) is 16.1. The molecule has 0 aliphatic carbocycles. The molecule has 0 fully saturated rings. The molecule has 0 N–H and O–H groups in total. The number of benzene rings is 2. The van der Waals surface area contributed by atoms with Crippen LogP contribution in [0.5, 0.6) is 0 Å². The molecule has 0 saturated heterocycles. The Morgan fingerprint density at radius 1 is 1.09 bits per heavy atom.